The molecule has 2 atom stereocenters. The first-order chi connectivity index (χ1) is 14.1. The lowest BCUT2D eigenvalue weighted by atomic mass is 9.74. The summed E-state index contributed by atoms with van der Waals surface area (Å²) in [5.74, 6) is 0.539. The van der Waals surface area contributed by atoms with Crippen molar-refractivity contribution in [1.29, 1.82) is 0 Å². The highest BCUT2D eigenvalue weighted by atomic mass is 19.1. The fraction of sp³-hybridized carbons (Fsp3) is 0.696. The Balaban J connectivity index is 1.18. The van der Waals surface area contributed by atoms with Gasteiger partial charge in [0.2, 0.25) is 0 Å². The van der Waals surface area contributed by atoms with Gasteiger partial charge < -0.3 is 19.9 Å². The third kappa shape index (κ3) is 3.39. The molecule has 29 heavy (non-hydrogen) atoms. The van der Waals surface area contributed by atoms with Crippen molar-refractivity contribution in [3.05, 3.63) is 29.6 Å². The molecule has 0 saturated carbocycles. The number of halogens is 1. The molecule has 5 rings (SSSR count). The molecule has 1 N–H and O–H groups in total. The summed E-state index contributed by atoms with van der Waals surface area (Å²) in [5.41, 5.74) is 2.39. The number of nitrogens with zero attached hydrogens (tertiary/aromatic N) is 2. The summed E-state index contributed by atoms with van der Waals surface area (Å²) in [7, 11) is 0. The average molecular weight is 402 g/mol. The number of hydrogen-bond donors (Lipinski definition) is 1. The maximum absolute atomic E-state index is 13.8. The first-order valence-corrected chi connectivity index (χ1v) is 11.3. The lowest BCUT2D eigenvalue weighted by molar-refractivity contribution is 0.0486. The number of ether oxygens (including phenoxy) is 1. The van der Waals surface area contributed by atoms with Crippen LogP contribution in [0.2, 0.25) is 0 Å². The van der Waals surface area contributed by atoms with Crippen LogP contribution in [0, 0.1) is 11.7 Å². The zero-order chi connectivity index (χ0) is 20.0. The topological polar surface area (TPSA) is 44.8 Å². The number of amides is 1. The van der Waals surface area contributed by atoms with Crippen molar-refractivity contribution in [2.45, 2.75) is 62.9 Å². The summed E-state index contributed by atoms with van der Waals surface area (Å²) >= 11 is 0. The highest BCUT2D eigenvalue weighted by Crippen LogP contribution is 2.45. The molecular formula is C23H32FN3O2. The van der Waals surface area contributed by atoms with Gasteiger partial charge in [0.05, 0.1) is 6.61 Å². The molecular weight excluding hydrogens is 369 g/mol. The van der Waals surface area contributed by atoms with E-state index in [1.165, 1.54) is 5.56 Å². The zero-order valence-corrected chi connectivity index (χ0v) is 17.3. The molecule has 3 saturated heterocycles. The van der Waals surface area contributed by atoms with Crippen LogP contribution in [0.25, 0.3) is 0 Å². The van der Waals surface area contributed by atoms with E-state index >= 15 is 0 Å². The number of benzene rings is 1. The summed E-state index contributed by atoms with van der Waals surface area (Å²) in [6, 6.07) is 5.91. The monoisotopic (exact) mass is 401 g/mol. The molecule has 2 unspecified atom stereocenters. The van der Waals surface area contributed by atoms with Gasteiger partial charge in [0, 0.05) is 36.3 Å². The fourth-order valence-electron chi connectivity index (χ4n) is 6.38. The van der Waals surface area contributed by atoms with E-state index in [2.05, 4.69) is 10.2 Å². The molecule has 1 spiro atoms. The minimum absolute atomic E-state index is 0.0975. The SMILES string of the molecule is CCOC(=O)N1C2CCC1CC(CN1CCC3(CC1)CNc1ccc(F)cc13)C2. The van der Waals surface area contributed by atoms with Crippen LogP contribution in [0.15, 0.2) is 18.2 Å². The van der Waals surface area contributed by atoms with Crippen LogP contribution in [0.5, 0.6) is 0 Å². The third-order valence-electron chi connectivity index (χ3n) is 7.81. The number of fused-ring (bicyclic) bond motifs is 4. The molecule has 5 nitrogen and oxygen atoms in total. The number of rotatable bonds is 3. The lowest BCUT2D eigenvalue weighted by Gasteiger charge is -2.43. The van der Waals surface area contributed by atoms with Crippen LogP contribution in [-0.4, -0.2) is 60.8 Å². The predicted octanol–water partition coefficient (Wildman–Crippen LogP) is 3.98. The molecule has 4 heterocycles. The van der Waals surface area contributed by atoms with Crippen molar-refractivity contribution < 1.29 is 13.9 Å². The molecule has 3 fully saturated rings. The Labute approximate surface area is 172 Å². The Morgan fingerprint density at radius 2 is 1.97 bits per heavy atom. The van der Waals surface area contributed by atoms with Crippen molar-refractivity contribution in [2.75, 3.05) is 38.1 Å². The maximum Gasteiger partial charge on any atom is 0.410 e. The van der Waals surface area contributed by atoms with Gasteiger partial charge in [-0.2, -0.15) is 0 Å². The van der Waals surface area contributed by atoms with E-state index in [0.717, 1.165) is 70.4 Å². The first kappa shape index (κ1) is 19.2. The Hall–Kier alpha value is -1.82. The van der Waals surface area contributed by atoms with Gasteiger partial charge >= 0.3 is 6.09 Å². The second-order valence-corrected chi connectivity index (χ2v) is 9.45. The Morgan fingerprint density at radius 1 is 1.24 bits per heavy atom. The summed E-state index contributed by atoms with van der Waals surface area (Å²) in [5, 5.41) is 3.50. The Bertz CT molecular complexity index is 763. The number of carbonyl (C=O) groups is 1. The first-order valence-electron chi connectivity index (χ1n) is 11.3. The molecule has 1 amide bonds. The standard InChI is InChI=1S/C23H32FN3O2/c1-2-29-22(28)27-18-4-5-19(27)12-16(11-18)14-26-9-7-23(8-10-26)15-25-21-6-3-17(24)13-20(21)23/h3,6,13,16,18-19,25H,2,4-5,7-12,14-15H2,1H3. The number of piperidine rings is 2. The van der Waals surface area contributed by atoms with E-state index in [1.54, 1.807) is 12.1 Å². The molecule has 1 aromatic carbocycles. The summed E-state index contributed by atoms with van der Waals surface area (Å²) in [6.07, 6.45) is 6.52. The van der Waals surface area contributed by atoms with Crippen LogP contribution in [0.3, 0.4) is 0 Å². The van der Waals surface area contributed by atoms with Gasteiger partial charge in [-0.15, -0.1) is 0 Å². The molecule has 2 bridgehead atoms. The lowest BCUT2D eigenvalue weighted by Crippen LogP contribution is -2.50. The molecule has 0 aromatic heterocycles. The van der Waals surface area contributed by atoms with Gasteiger partial charge in [0.25, 0.3) is 0 Å². The number of nitrogens with one attached hydrogen (secondary N) is 1. The minimum Gasteiger partial charge on any atom is -0.450 e. The number of anilines is 1. The van der Waals surface area contributed by atoms with Crippen molar-refractivity contribution in [1.82, 2.24) is 9.80 Å². The summed E-state index contributed by atoms with van der Waals surface area (Å²) in [4.78, 5) is 16.9. The molecule has 4 aliphatic rings. The smallest absolute Gasteiger partial charge is 0.410 e. The highest BCUT2D eigenvalue weighted by molar-refractivity contribution is 5.69. The molecule has 4 aliphatic heterocycles. The highest BCUT2D eigenvalue weighted by Gasteiger charge is 2.45. The van der Waals surface area contributed by atoms with E-state index in [0.29, 0.717) is 24.6 Å². The molecule has 1 aromatic rings. The zero-order valence-electron chi connectivity index (χ0n) is 17.3. The normalized spacial score (nSPS) is 30.3. The van der Waals surface area contributed by atoms with Gasteiger partial charge in [-0.05, 0) is 88.2 Å². The Kier molecular flexibility index (Phi) is 4.93. The van der Waals surface area contributed by atoms with E-state index in [9.17, 15) is 9.18 Å². The van der Waals surface area contributed by atoms with Gasteiger partial charge in [-0.1, -0.05) is 0 Å². The van der Waals surface area contributed by atoms with Crippen LogP contribution in [0.1, 0.15) is 51.0 Å². The van der Waals surface area contributed by atoms with Gasteiger partial charge in [0.1, 0.15) is 5.82 Å². The van der Waals surface area contributed by atoms with Crippen LogP contribution < -0.4 is 5.32 Å². The average Bonchev–Trinajstić information content (AvgIpc) is 3.19. The summed E-state index contributed by atoms with van der Waals surface area (Å²) in [6.45, 7) is 6.54. The van der Waals surface area contributed by atoms with E-state index in [-0.39, 0.29) is 17.3 Å². The van der Waals surface area contributed by atoms with Crippen molar-refractivity contribution in [2.24, 2.45) is 5.92 Å². The third-order valence-corrected chi connectivity index (χ3v) is 7.81. The van der Waals surface area contributed by atoms with Crippen molar-refractivity contribution in [3.63, 3.8) is 0 Å². The summed E-state index contributed by atoms with van der Waals surface area (Å²) < 4.78 is 19.1. The van der Waals surface area contributed by atoms with Gasteiger partial charge in [-0.25, -0.2) is 9.18 Å². The second-order valence-electron chi connectivity index (χ2n) is 9.45. The van der Waals surface area contributed by atoms with Crippen LogP contribution >= 0.6 is 0 Å². The second kappa shape index (κ2) is 7.46. The van der Waals surface area contributed by atoms with E-state index in [1.807, 2.05) is 17.9 Å². The quantitative estimate of drug-likeness (QED) is 0.832. The van der Waals surface area contributed by atoms with Gasteiger partial charge in [0.15, 0.2) is 0 Å². The largest absolute Gasteiger partial charge is 0.450 e. The fourth-order valence-corrected chi connectivity index (χ4v) is 6.38. The van der Waals surface area contributed by atoms with Crippen molar-refractivity contribution in [3.8, 4) is 0 Å². The van der Waals surface area contributed by atoms with Crippen LogP contribution in [-0.2, 0) is 10.2 Å². The number of carbonyl (C=O) groups excluding carboxylic acids is 1. The molecule has 0 radical (unpaired) electrons. The number of likely N-dealkylation sites (tertiary alicyclic amines) is 1. The Morgan fingerprint density at radius 3 is 2.66 bits per heavy atom. The van der Waals surface area contributed by atoms with E-state index < -0.39 is 0 Å². The molecule has 158 valence electrons. The molecule has 6 heteroatoms. The van der Waals surface area contributed by atoms with Crippen LogP contribution in [0.4, 0.5) is 14.9 Å². The molecule has 0 aliphatic carbocycles. The van der Waals surface area contributed by atoms with E-state index in [4.69, 9.17) is 4.74 Å². The minimum atomic E-state index is -0.127. The maximum atomic E-state index is 13.8. The van der Waals surface area contributed by atoms with Crippen molar-refractivity contribution >= 4 is 11.8 Å². The predicted molar refractivity (Wildman–Crippen MR) is 111 cm³/mol. The van der Waals surface area contributed by atoms with Gasteiger partial charge in [-0.3, -0.25) is 0 Å². The number of hydrogen-bond acceptors (Lipinski definition) is 4.